The topological polar surface area (TPSA) is 56.2 Å². The molecule has 1 aromatic heterocycles. The molecule has 0 saturated carbocycles. The summed E-state index contributed by atoms with van der Waals surface area (Å²) in [6, 6.07) is 23.6. The summed E-state index contributed by atoms with van der Waals surface area (Å²) in [5.41, 5.74) is 5.69. The fraction of sp³-hybridized carbons (Fsp3) is 0.231. The van der Waals surface area contributed by atoms with Gasteiger partial charge in [0.05, 0.1) is 17.1 Å². The molecule has 0 saturated heterocycles. The van der Waals surface area contributed by atoms with Gasteiger partial charge in [0, 0.05) is 6.54 Å². The first-order valence-corrected chi connectivity index (χ1v) is 10.5. The molecule has 0 bridgehead atoms. The number of rotatable bonds is 7. The second-order valence-corrected chi connectivity index (χ2v) is 7.87. The van der Waals surface area contributed by atoms with E-state index in [0.29, 0.717) is 12.3 Å². The zero-order chi connectivity index (χ0) is 21.8. The lowest BCUT2D eigenvalue weighted by atomic mass is 10.1. The van der Waals surface area contributed by atoms with Crippen molar-refractivity contribution in [1.29, 1.82) is 0 Å². The van der Waals surface area contributed by atoms with Crippen molar-refractivity contribution in [3.05, 3.63) is 95.3 Å². The summed E-state index contributed by atoms with van der Waals surface area (Å²) in [5.74, 6) is 1.32. The number of imidazole rings is 1. The molecular formula is C26H27N3O2. The Balaban J connectivity index is 1.57. The Morgan fingerprint density at radius 1 is 1.03 bits per heavy atom. The van der Waals surface area contributed by atoms with E-state index in [-0.39, 0.29) is 18.6 Å². The van der Waals surface area contributed by atoms with E-state index < -0.39 is 0 Å². The number of aryl methyl sites for hydroxylation is 2. The maximum absolute atomic E-state index is 12.5. The van der Waals surface area contributed by atoms with Crippen molar-refractivity contribution in [2.45, 2.75) is 33.4 Å². The fourth-order valence-corrected chi connectivity index (χ4v) is 3.75. The van der Waals surface area contributed by atoms with Crippen molar-refractivity contribution in [3.63, 3.8) is 0 Å². The summed E-state index contributed by atoms with van der Waals surface area (Å²) < 4.78 is 7.77. The van der Waals surface area contributed by atoms with E-state index in [9.17, 15) is 4.79 Å². The van der Waals surface area contributed by atoms with Crippen LogP contribution in [0.2, 0.25) is 0 Å². The molecule has 0 fully saturated rings. The SMILES string of the molecule is Cc1ccc(C)c(Cn2c([C@@H](C)NC(=O)COc3ccccc3)nc3ccccc32)c1. The van der Waals surface area contributed by atoms with E-state index in [1.807, 2.05) is 55.5 Å². The molecule has 4 rings (SSSR count). The van der Waals surface area contributed by atoms with Crippen LogP contribution in [0, 0.1) is 13.8 Å². The molecule has 5 heteroatoms. The van der Waals surface area contributed by atoms with Gasteiger partial charge in [-0.05, 0) is 56.2 Å². The highest BCUT2D eigenvalue weighted by Crippen LogP contribution is 2.23. The number of para-hydroxylation sites is 3. The summed E-state index contributed by atoms with van der Waals surface area (Å²) in [6.45, 7) is 6.85. The predicted molar refractivity (Wildman–Crippen MR) is 123 cm³/mol. The third-order valence-electron chi connectivity index (χ3n) is 5.40. The second kappa shape index (κ2) is 9.04. The summed E-state index contributed by atoms with van der Waals surface area (Å²) in [7, 11) is 0. The van der Waals surface area contributed by atoms with Crippen molar-refractivity contribution < 1.29 is 9.53 Å². The number of nitrogens with zero attached hydrogens (tertiary/aromatic N) is 2. The molecule has 3 aromatic carbocycles. The van der Waals surface area contributed by atoms with Gasteiger partial charge >= 0.3 is 0 Å². The molecule has 1 N–H and O–H groups in total. The quantitative estimate of drug-likeness (QED) is 0.466. The number of ether oxygens (including phenoxy) is 1. The third kappa shape index (κ3) is 4.77. The number of fused-ring (bicyclic) bond motifs is 1. The van der Waals surface area contributed by atoms with Gasteiger partial charge in [-0.25, -0.2) is 4.98 Å². The molecule has 0 spiro atoms. The smallest absolute Gasteiger partial charge is 0.258 e. The van der Waals surface area contributed by atoms with E-state index >= 15 is 0 Å². The van der Waals surface area contributed by atoms with Gasteiger partial charge < -0.3 is 14.6 Å². The minimum atomic E-state index is -0.260. The Labute approximate surface area is 182 Å². The van der Waals surface area contributed by atoms with Gasteiger partial charge in [0.1, 0.15) is 11.6 Å². The number of carbonyl (C=O) groups is 1. The standard InChI is InChI=1S/C26H27N3O2/c1-18-13-14-19(2)21(15-18)16-29-24-12-8-7-11-23(24)28-26(29)20(3)27-25(30)17-31-22-9-5-4-6-10-22/h4-15,20H,16-17H2,1-3H3,(H,27,30)/t20-/m1/s1. The molecule has 1 heterocycles. The number of amides is 1. The van der Waals surface area contributed by atoms with Gasteiger partial charge in [0.25, 0.3) is 5.91 Å². The van der Waals surface area contributed by atoms with E-state index in [0.717, 1.165) is 16.9 Å². The van der Waals surface area contributed by atoms with Gasteiger partial charge in [-0.3, -0.25) is 4.79 Å². The normalized spacial score (nSPS) is 12.0. The Morgan fingerprint density at radius 3 is 2.58 bits per heavy atom. The van der Waals surface area contributed by atoms with E-state index in [4.69, 9.17) is 9.72 Å². The molecule has 0 aliphatic carbocycles. The number of hydrogen-bond acceptors (Lipinski definition) is 3. The summed E-state index contributed by atoms with van der Waals surface area (Å²) in [5, 5.41) is 3.03. The first-order valence-electron chi connectivity index (χ1n) is 10.5. The molecule has 1 amide bonds. The number of benzene rings is 3. The van der Waals surface area contributed by atoms with Crippen molar-refractivity contribution in [2.75, 3.05) is 6.61 Å². The van der Waals surface area contributed by atoms with Crippen LogP contribution in [0.5, 0.6) is 5.75 Å². The third-order valence-corrected chi connectivity index (χ3v) is 5.40. The molecule has 0 aliphatic heterocycles. The van der Waals surface area contributed by atoms with E-state index in [2.05, 4.69) is 48.0 Å². The maximum Gasteiger partial charge on any atom is 0.258 e. The van der Waals surface area contributed by atoms with Gasteiger partial charge in [0.2, 0.25) is 0 Å². The highest BCUT2D eigenvalue weighted by molar-refractivity contribution is 5.79. The van der Waals surface area contributed by atoms with Crippen LogP contribution >= 0.6 is 0 Å². The molecule has 5 nitrogen and oxygen atoms in total. The monoisotopic (exact) mass is 413 g/mol. The van der Waals surface area contributed by atoms with Crippen molar-refractivity contribution in [2.24, 2.45) is 0 Å². The van der Waals surface area contributed by atoms with Crippen LogP contribution in [-0.2, 0) is 11.3 Å². The van der Waals surface area contributed by atoms with Crippen LogP contribution in [0.25, 0.3) is 11.0 Å². The van der Waals surface area contributed by atoms with Crippen LogP contribution in [0.3, 0.4) is 0 Å². The predicted octanol–water partition coefficient (Wildman–Crippen LogP) is 4.96. The number of aromatic nitrogens is 2. The number of nitrogens with one attached hydrogen (secondary N) is 1. The molecule has 0 unspecified atom stereocenters. The maximum atomic E-state index is 12.5. The first-order chi connectivity index (χ1) is 15.0. The summed E-state index contributed by atoms with van der Waals surface area (Å²) >= 11 is 0. The first kappa shape index (κ1) is 20.7. The Hall–Kier alpha value is -3.60. The summed E-state index contributed by atoms with van der Waals surface area (Å²) in [6.07, 6.45) is 0. The highest BCUT2D eigenvalue weighted by Gasteiger charge is 2.19. The fourth-order valence-electron chi connectivity index (χ4n) is 3.75. The van der Waals surface area contributed by atoms with Gasteiger partial charge in [-0.15, -0.1) is 0 Å². The highest BCUT2D eigenvalue weighted by atomic mass is 16.5. The molecule has 31 heavy (non-hydrogen) atoms. The van der Waals surface area contributed by atoms with Crippen molar-refractivity contribution >= 4 is 16.9 Å². The van der Waals surface area contributed by atoms with Crippen molar-refractivity contribution in [1.82, 2.24) is 14.9 Å². The van der Waals surface area contributed by atoms with Crippen LogP contribution in [0.4, 0.5) is 0 Å². The largest absolute Gasteiger partial charge is 0.484 e. The van der Waals surface area contributed by atoms with Crippen LogP contribution in [0.1, 0.15) is 35.5 Å². The Bertz CT molecular complexity index is 1200. The summed E-state index contributed by atoms with van der Waals surface area (Å²) in [4.78, 5) is 17.4. The number of carbonyl (C=O) groups excluding carboxylic acids is 1. The molecular weight excluding hydrogens is 386 g/mol. The van der Waals surface area contributed by atoms with Crippen molar-refractivity contribution in [3.8, 4) is 5.75 Å². The molecule has 4 aromatic rings. The van der Waals surface area contributed by atoms with Gasteiger partial charge in [-0.2, -0.15) is 0 Å². The minimum Gasteiger partial charge on any atom is -0.484 e. The van der Waals surface area contributed by atoms with E-state index in [1.165, 1.54) is 16.7 Å². The van der Waals surface area contributed by atoms with Crippen LogP contribution < -0.4 is 10.1 Å². The second-order valence-electron chi connectivity index (χ2n) is 7.87. The molecule has 1 atom stereocenters. The van der Waals surface area contributed by atoms with Gasteiger partial charge in [-0.1, -0.05) is 54.1 Å². The average molecular weight is 414 g/mol. The minimum absolute atomic E-state index is 0.0361. The average Bonchev–Trinajstić information content (AvgIpc) is 3.14. The number of hydrogen-bond donors (Lipinski definition) is 1. The van der Waals surface area contributed by atoms with E-state index in [1.54, 1.807) is 0 Å². The molecule has 0 aliphatic rings. The lowest BCUT2D eigenvalue weighted by Crippen LogP contribution is -2.32. The Morgan fingerprint density at radius 2 is 1.77 bits per heavy atom. The Kier molecular flexibility index (Phi) is 6.03. The van der Waals surface area contributed by atoms with Crippen LogP contribution in [-0.4, -0.2) is 22.1 Å². The lowest BCUT2D eigenvalue weighted by molar-refractivity contribution is -0.123. The van der Waals surface area contributed by atoms with Gasteiger partial charge in [0.15, 0.2) is 6.61 Å². The molecule has 158 valence electrons. The lowest BCUT2D eigenvalue weighted by Gasteiger charge is -2.18. The molecule has 0 radical (unpaired) electrons. The zero-order valence-corrected chi connectivity index (χ0v) is 18.1. The zero-order valence-electron chi connectivity index (χ0n) is 18.1. The van der Waals surface area contributed by atoms with Crippen LogP contribution in [0.15, 0.2) is 72.8 Å².